The topological polar surface area (TPSA) is 43.1 Å². The van der Waals surface area contributed by atoms with Gasteiger partial charge in [0.1, 0.15) is 5.82 Å². The molecule has 0 N–H and O–H groups in total. The highest BCUT2D eigenvalue weighted by atomic mass is 32.2. The molecule has 0 saturated carbocycles. The molecule has 118 valence electrons. The van der Waals surface area contributed by atoms with Crippen molar-refractivity contribution in [3.63, 3.8) is 0 Å². The predicted octanol–water partition coefficient (Wildman–Crippen LogP) is 4.22. The molecule has 24 heavy (non-hydrogen) atoms. The van der Waals surface area contributed by atoms with Gasteiger partial charge in [-0.2, -0.15) is 9.61 Å². The zero-order chi connectivity index (χ0) is 16.4. The second-order valence-corrected chi connectivity index (χ2v) is 6.19. The molecule has 4 nitrogen and oxygen atoms in total. The highest BCUT2D eigenvalue weighted by Gasteiger charge is 2.09. The minimum atomic E-state index is -0.261. The standard InChI is InChI=1S/C18H13FN4S/c19-15-8-6-14(7-9-15)16-10-11-17-20-21-18(23(17)22-16)24-12-13-4-2-1-3-5-13/h1-11H,12H2. The average molecular weight is 336 g/mol. The van der Waals surface area contributed by atoms with Gasteiger partial charge in [0.15, 0.2) is 5.65 Å². The molecule has 0 saturated heterocycles. The summed E-state index contributed by atoms with van der Waals surface area (Å²) in [7, 11) is 0. The van der Waals surface area contributed by atoms with Gasteiger partial charge in [-0.3, -0.25) is 0 Å². The van der Waals surface area contributed by atoms with Gasteiger partial charge in [-0.15, -0.1) is 10.2 Å². The molecule has 4 aromatic rings. The smallest absolute Gasteiger partial charge is 0.207 e. The Bertz CT molecular complexity index is 967. The second-order valence-electron chi connectivity index (χ2n) is 5.25. The molecule has 0 amide bonds. The maximum atomic E-state index is 13.1. The van der Waals surface area contributed by atoms with Crippen LogP contribution in [0, 0.1) is 5.82 Å². The van der Waals surface area contributed by atoms with Gasteiger partial charge in [0.05, 0.1) is 5.69 Å². The lowest BCUT2D eigenvalue weighted by molar-refractivity contribution is 0.628. The van der Waals surface area contributed by atoms with Gasteiger partial charge in [-0.05, 0) is 42.0 Å². The van der Waals surface area contributed by atoms with Crippen molar-refractivity contribution in [1.29, 1.82) is 0 Å². The Morgan fingerprint density at radius 1 is 0.875 bits per heavy atom. The summed E-state index contributed by atoms with van der Waals surface area (Å²) in [4.78, 5) is 0. The number of hydrogen-bond donors (Lipinski definition) is 0. The fourth-order valence-electron chi connectivity index (χ4n) is 2.36. The number of fused-ring (bicyclic) bond motifs is 1. The van der Waals surface area contributed by atoms with Crippen LogP contribution in [0.25, 0.3) is 16.9 Å². The molecule has 0 aliphatic rings. The van der Waals surface area contributed by atoms with Gasteiger partial charge in [-0.25, -0.2) is 4.39 Å². The van der Waals surface area contributed by atoms with E-state index in [0.717, 1.165) is 22.2 Å². The second kappa shape index (κ2) is 6.41. The molecular weight excluding hydrogens is 323 g/mol. The third-order valence-corrected chi connectivity index (χ3v) is 4.58. The Morgan fingerprint density at radius 3 is 2.46 bits per heavy atom. The number of halogens is 1. The average Bonchev–Trinajstić information content (AvgIpc) is 3.04. The van der Waals surface area contributed by atoms with E-state index in [1.807, 2.05) is 30.3 Å². The molecule has 0 atom stereocenters. The largest absolute Gasteiger partial charge is 0.212 e. The molecule has 0 aliphatic heterocycles. The normalized spacial score (nSPS) is 11.0. The molecule has 2 aromatic heterocycles. The zero-order valence-electron chi connectivity index (χ0n) is 12.6. The summed E-state index contributed by atoms with van der Waals surface area (Å²) in [5, 5.41) is 13.7. The van der Waals surface area contributed by atoms with Crippen LogP contribution in [0.4, 0.5) is 4.39 Å². The Balaban J connectivity index is 1.64. The first-order valence-electron chi connectivity index (χ1n) is 7.45. The first-order chi connectivity index (χ1) is 11.8. The van der Waals surface area contributed by atoms with Crippen LogP contribution in [0.1, 0.15) is 5.56 Å². The number of thioether (sulfide) groups is 1. The van der Waals surface area contributed by atoms with Crippen molar-refractivity contribution >= 4 is 17.4 Å². The van der Waals surface area contributed by atoms with E-state index in [9.17, 15) is 4.39 Å². The fraction of sp³-hybridized carbons (Fsp3) is 0.0556. The third kappa shape index (κ3) is 3.00. The Kier molecular flexibility index (Phi) is 3.96. The van der Waals surface area contributed by atoms with Gasteiger partial charge in [0.25, 0.3) is 0 Å². The number of rotatable bonds is 4. The molecule has 0 spiro atoms. The summed E-state index contributed by atoms with van der Waals surface area (Å²) in [6.45, 7) is 0. The number of aromatic nitrogens is 4. The van der Waals surface area contributed by atoms with Crippen LogP contribution < -0.4 is 0 Å². The summed E-state index contributed by atoms with van der Waals surface area (Å²) in [5.41, 5.74) is 3.51. The van der Waals surface area contributed by atoms with Crippen molar-refractivity contribution < 1.29 is 4.39 Å². The SMILES string of the molecule is Fc1ccc(-c2ccc3nnc(SCc4ccccc4)n3n2)cc1. The molecule has 0 unspecified atom stereocenters. The molecule has 4 rings (SSSR count). The lowest BCUT2D eigenvalue weighted by Crippen LogP contribution is -1.96. The van der Waals surface area contributed by atoms with Gasteiger partial charge >= 0.3 is 0 Å². The quantitative estimate of drug-likeness (QED) is 0.523. The van der Waals surface area contributed by atoms with Gasteiger partial charge in [0, 0.05) is 11.3 Å². The summed E-state index contributed by atoms with van der Waals surface area (Å²) < 4.78 is 14.8. The zero-order valence-corrected chi connectivity index (χ0v) is 13.4. The molecule has 0 aliphatic carbocycles. The van der Waals surface area contributed by atoms with Gasteiger partial charge in [-0.1, -0.05) is 42.1 Å². The Hall–Kier alpha value is -2.73. The Labute approximate surface area is 142 Å². The summed E-state index contributed by atoms with van der Waals surface area (Å²) in [6, 6.07) is 20.2. The van der Waals surface area contributed by atoms with Crippen LogP contribution in [0.3, 0.4) is 0 Å². The van der Waals surface area contributed by atoms with Crippen molar-refractivity contribution in [2.24, 2.45) is 0 Å². The van der Waals surface area contributed by atoms with Crippen LogP contribution in [0.15, 0.2) is 71.9 Å². The molecule has 6 heteroatoms. The fourth-order valence-corrected chi connectivity index (χ4v) is 3.20. The van der Waals surface area contributed by atoms with E-state index in [0.29, 0.717) is 5.65 Å². The minimum Gasteiger partial charge on any atom is -0.207 e. The van der Waals surface area contributed by atoms with Crippen LogP contribution >= 0.6 is 11.8 Å². The number of nitrogens with zero attached hydrogens (tertiary/aromatic N) is 4. The van der Waals surface area contributed by atoms with E-state index < -0.39 is 0 Å². The van der Waals surface area contributed by atoms with E-state index in [-0.39, 0.29) is 5.82 Å². The lowest BCUT2D eigenvalue weighted by Gasteiger charge is -2.03. The van der Waals surface area contributed by atoms with E-state index >= 15 is 0 Å². The van der Waals surface area contributed by atoms with Crippen molar-refractivity contribution in [3.8, 4) is 11.3 Å². The van der Waals surface area contributed by atoms with Crippen LogP contribution in [-0.4, -0.2) is 19.8 Å². The molecule has 0 fully saturated rings. The van der Waals surface area contributed by atoms with Crippen LogP contribution in [-0.2, 0) is 5.75 Å². The number of benzene rings is 2. The predicted molar refractivity (Wildman–Crippen MR) is 92.2 cm³/mol. The maximum absolute atomic E-state index is 13.1. The van der Waals surface area contributed by atoms with E-state index in [4.69, 9.17) is 0 Å². The summed E-state index contributed by atoms with van der Waals surface area (Å²) >= 11 is 1.58. The molecule has 2 aromatic carbocycles. The molecule has 0 bridgehead atoms. The van der Waals surface area contributed by atoms with Gasteiger partial charge in [0.2, 0.25) is 5.16 Å². The number of hydrogen-bond acceptors (Lipinski definition) is 4. The van der Waals surface area contributed by atoms with Crippen LogP contribution in [0.5, 0.6) is 0 Å². The molecule has 2 heterocycles. The highest BCUT2D eigenvalue weighted by molar-refractivity contribution is 7.98. The van der Waals surface area contributed by atoms with Crippen molar-refractivity contribution in [1.82, 2.24) is 19.8 Å². The molecular formula is C18H13FN4S. The van der Waals surface area contributed by atoms with Crippen molar-refractivity contribution in [2.45, 2.75) is 10.9 Å². The minimum absolute atomic E-state index is 0.261. The maximum Gasteiger partial charge on any atom is 0.212 e. The molecule has 0 radical (unpaired) electrons. The van der Waals surface area contributed by atoms with Crippen LogP contribution in [0.2, 0.25) is 0 Å². The third-order valence-electron chi connectivity index (χ3n) is 3.58. The lowest BCUT2D eigenvalue weighted by atomic mass is 10.1. The van der Waals surface area contributed by atoms with E-state index in [1.54, 1.807) is 28.4 Å². The van der Waals surface area contributed by atoms with Crippen molar-refractivity contribution in [3.05, 3.63) is 78.1 Å². The Morgan fingerprint density at radius 2 is 1.67 bits per heavy atom. The van der Waals surface area contributed by atoms with Crippen molar-refractivity contribution in [2.75, 3.05) is 0 Å². The van der Waals surface area contributed by atoms with E-state index in [2.05, 4.69) is 27.4 Å². The highest BCUT2D eigenvalue weighted by Crippen LogP contribution is 2.23. The summed E-state index contributed by atoms with van der Waals surface area (Å²) in [6.07, 6.45) is 0. The monoisotopic (exact) mass is 336 g/mol. The van der Waals surface area contributed by atoms with Gasteiger partial charge < -0.3 is 0 Å². The van der Waals surface area contributed by atoms with E-state index in [1.165, 1.54) is 17.7 Å². The first kappa shape index (κ1) is 14.8. The summed E-state index contributed by atoms with van der Waals surface area (Å²) in [5.74, 6) is 0.535. The first-order valence-corrected chi connectivity index (χ1v) is 8.43.